The first-order chi connectivity index (χ1) is 22.2. The van der Waals surface area contributed by atoms with Crippen molar-refractivity contribution < 1.29 is 19.4 Å². The summed E-state index contributed by atoms with van der Waals surface area (Å²) < 4.78 is 7.72. The Morgan fingerprint density at radius 3 is 2.30 bits per heavy atom. The summed E-state index contributed by atoms with van der Waals surface area (Å²) in [6.45, 7) is 5.67. The number of β-amino-alcohol motifs (C(OH)–C–C–N with tert-alkyl or cyclic N) is 1. The summed E-state index contributed by atoms with van der Waals surface area (Å²) in [5.41, 5.74) is 2.76. The molecule has 0 spiro atoms. The fraction of sp³-hybridized carbons (Fsp3) is 0.730. The van der Waals surface area contributed by atoms with Crippen LogP contribution in [0.15, 0.2) is 30.7 Å². The molecule has 1 aliphatic heterocycles. The largest absolute Gasteiger partial charge is 0.446 e. The van der Waals surface area contributed by atoms with E-state index in [0.717, 1.165) is 29.4 Å². The number of likely N-dealkylation sites (tertiary alicyclic amines) is 1. The van der Waals surface area contributed by atoms with Crippen LogP contribution in [0.4, 0.5) is 10.6 Å². The Labute approximate surface area is 274 Å². The van der Waals surface area contributed by atoms with Crippen LogP contribution in [0.2, 0.25) is 0 Å². The molecule has 2 bridgehead atoms. The number of anilines is 1. The molecule has 2 aromatic heterocycles. The molecule has 1 N–H and O–H groups in total. The average molecular weight is 632 g/mol. The van der Waals surface area contributed by atoms with Crippen molar-refractivity contribution in [1.29, 1.82) is 0 Å². The van der Waals surface area contributed by atoms with E-state index in [1.54, 1.807) is 4.90 Å². The summed E-state index contributed by atoms with van der Waals surface area (Å²) in [7, 11) is 0. The molecule has 0 unspecified atom stereocenters. The van der Waals surface area contributed by atoms with E-state index in [2.05, 4.69) is 31.2 Å². The van der Waals surface area contributed by atoms with Crippen LogP contribution >= 0.6 is 0 Å². The molecule has 3 heterocycles. The van der Waals surface area contributed by atoms with Gasteiger partial charge in [0.2, 0.25) is 5.91 Å². The number of aliphatic hydroxyl groups is 1. The number of ether oxygens (including phenoxy) is 1. The zero-order chi connectivity index (χ0) is 31.9. The molecule has 5 saturated carbocycles. The van der Waals surface area contributed by atoms with E-state index in [0.29, 0.717) is 44.2 Å². The zero-order valence-electron chi connectivity index (χ0n) is 27.9. The normalized spacial score (nSPS) is 30.3. The number of hydrogen-bond acceptors (Lipinski definition) is 6. The molecule has 2 amide bonds. The lowest BCUT2D eigenvalue weighted by Gasteiger charge is -2.58. The fourth-order valence-corrected chi connectivity index (χ4v) is 9.45. The maximum atomic E-state index is 14.5. The molecular formula is C37H53N5O4. The van der Waals surface area contributed by atoms with Crippen molar-refractivity contribution in [2.45, 2.75) is 128 Å². The van der Waals surface area contributed by atoms with Crippen molar-refractivity contribution in [2.24, 2.45) is 22.7 Å². The predicted octanol–water partition coefficient (Wildman–Crippen LogP) is 7.15. The van der Waals surface area contributed by atoms with Crippen molar-refractivity contribution in [3.05, 3.63) is 30.7 Å². The highest BCUT2D eigenvalue weighted by Crippen LogP contribution is 2.62. The molecule has 46 heavy (non-hydrogen) atoms. The number of hydrogen-bond donors (Lipinski definition) is 1. The van der Waals surface area contributed by atoms with Gasteiger partial charge in [0.05, 0.1) is 25.4 Å². The van der Waals surface area contributed by atoms with Gasteiger partial charge in [-0.1, -0.05) is 19.3 Å². The van der Waals surface area contributed by atoms with Crippen molar-refractivity contribution >= 4 is 17.8 Å². The monoisotopic (exact) mass is 631 g/mol. The maximum absolute atomic E-state index is 14.5. The Balaban J connectivity index is 1.08. The minimum atomic E-state index is -0.443. The van der Waals surface area contributed by atoms with Crippen LogP contribution in [0.5, 0.6) is 0 Å². The minimum absolute atomic E-state index is 0.111. The van der Waals surface area contributed by atoms with Gasteiger partial charge in [-0.25, -0.2) is 9.78 Å². The van der Waals surface area contributed by atoms with Crippen molar-refractivity contribution in [3.63, 3.8) is 0 Å². The van der Waals surface area contributed by atoms with Gasteiger partial charge in [-0.05, 0) is 125 Å². The van der Waals surface area contributed by atoms with Gasteiger partial charge in [-0.3, -0.25) is 14.4 Å². The van der Waals surface area contributed by atoms with Crippen LogP contribution in [-0.2, 0) is 9.53 Å². The lowest BCUT2D eigenvalue weighted by Crippen LogP contribution is -2.54. The lowest BCUT2D eigenvalue weighted by atomic mass is 9.48. The summed E-state index contributed by atoms with van der Waals surface area (Å²) in [5, 5.41) is 14.1. The molecule has 1 saturated heterocycles. The number of carbonyl (C=O) groups excluding carboxylic acids is 2. The van der Waals surface area contributed by atoms with Crippen LogP contribution in [-0.4, -0.2) is 68.6 Å². The SMILES string of the molecule is CC(C)n1cc(-c2ccnc(N(CC34CCC(C5CCCCC5)(CC3)CC4)C(=O)C3CCC(OC(=O)N4CC(O)C4)CC3)c2)cn1. The van der Waals surface area contributed by atoms with E-state index in [1.807, 2.05) is 28.0 Å². The van der Waals surface area contributed by atoms with E-state index in [1.165, 1.54) is 70.6 Å². The van der Waals surface area contributed by atoms with Crippen LogP contribution < -0.4 is 4.90 Å². The maximum Gasteiger partial charge on any atom is 0.410 e. The number of pyridine rings is 1. The first-order valence-corrected chi connectivity index (χ1v) is 18.2. The highest BCUT2D eigenvalue weighted by atomic mass is 16.6. The Morgan fingerprint density at radius 1 is 0.978 bits per heavy atom. The minimum Gasteiger partial charge on any atom is -0.446 e. The van der Waals surface area contributed by atoms with Gasteiger partial charge < -0.3 is 14.7 Å². The first kappa shape index (κ1) is 31.6. The van der Waals surface area contributed by atoms with Gasteiger partial charge in [0, 0.05) is 36.5 Å². The van der Waals surface area contributed by atoms with Gasteiger partial charge in [-0.2, -0.15) is 5.10 Å². The van der Waals surface area contributed by atoms with Crippen LogP contribution in [0.3, 0.4) is 0 Å². The molecule has 0 atom stereocenters. The second-order valence-electron chi connectivity index (χ2n) is 15.7. The van der Waals surface area contributed by atoms with Gasteiger partial charge >= 0.3 is 6.09 Å². The molecule has 6 aliphatic rings. The Kier molecular flexibility index (Phi) is 8.89. The third-order valence-electron chi connectivity index (χ3n) is 12.6. The van der Waals surface area contributed by atoms with Crippen molar-refractivity contribution in [3.8, 4) is 11.1 Å². The van der Waals surface area contributed by atoms with Gasteiger partial charge in [-0.15, -0.1) is 0 Å². The van der Waals surface area contributed by atoms with Crippen LogP contribution in [0.1, 0.15) is 116 Å². The third-order valence-corrected chi connectivity index (χ3v) is 12.6. The molecule has 250 valence electrons. The quantitative estimate of drug-likeness (QED) is 0.332. The number of carbonyl (C=O) groups is 2. The van der Waals surface area contributed by atoms with Gasteiger partial charge in [0.25, 0.3) is 0 Å². The number of fused-ring (bicyclic) bond motifs is 3. The summed E-state index contributed by atoms with van der Waals surface area (Å²) in [6.07, 6.45) is 22.2. The summed E-state index contributed by atoms with van der Waals surface area (Å²) in [5.74, 6) is 1.70. The van der Waals surface area contributed by atoms with E-state index >= 15 is 0 Å². The molecule has 0 radical (unpaired) electrons. The topological polar surface area (TPSA) is 101 Å². The smallest absolute Gasteiger partial charge is 0.410 e. The Morgan fingerprint density at radius 2 is 1.67 bits per heavy atom. The van der Waals surface area contributed by atoms with Gasteiger partial charge in [0.1, 0.15) is 11.9 Å². The molecule has 2 aromatic rings. The highest BCUT2D eigenvalue weighted by Gasteiger charge is 2.53. The van der Waals surface area contributed by atoms with E-state index in [-0.39, 0.29) is 35.5 Å². The lowest BCUT2D eigenvalue weighted by molar-refractivity contribution is -0.125. The Bertz CT molecular complexity index is 1360. The summed E-state index contributed by atoms with van der Waals surface area (Å²) >= 11 is 0. The van der Waals surface area contributed by atoms with Crippen LogP contribution in [0, 0.1) is 22.7 Å². The van der Waals surface area contributed by atoms with E-state index in [9.17, 15) is 14.7 Å². The second-order valence-corrected chi connectivity index (χ2v) is 15.7. The molecular weight excluding hydrogens is 578 g/mol. The highest BCUT2D eigenvalue weighted by molar-refractivity contribution is 5.95. The predicted molar refractivity (Wildman–Crippen MR) is 177 cm³/mol. The van der Waals surface area contributed by atoms with E-state index in [4.69, 9.17) is 9.72 Å². The number of amides is 2. The number of nitrogens with zero attached hydrogens (tertiary/aromatic N) is 5. The summed E-state index contributed by atoms with van der Waals surface area (Å²) in [6, 6.07) is 4.38. The molecule has 9 heteroatoms. The molecule has 9 nitrogen and oxygen atoms in total. The van der Waals surface area contributed by atoms with Gasteiger partial charge in [0.15, 0.2) is 0 Å². The molecule has 0 aromatic carbocycles. The second kappa shape index (κ2) is 12.9. The van der Waals surface area contributed by atoms with Crippen LogP contribution in [0.25, 0.3) is 11.1 Å². The Hall–Kier alpha value is -2.94. The standard InChI is InChI=1S/C37H53N5O4/c1-26(2)42-22-29(21-39-42)28-12-19-38-33(20-28)41(25-36-13-16-37(17-14-36,18-15-36)30-6-4-3-5-7-30)34(44)27-8-10-32(11-9-27)46-35(45)40-23-31(43)24-40/h12,19-22,26-27,30-32,43H,3-11,13-18,23-25H2,1-2H3. The zero-order valence-corrected chi connectivity index (χ0v) is 27.9. The van der Waals surface area contributed by atoms with Crippen molar-refractivity contribution in [2.75, 3.05) is 24.5 Å². The fourth-order valence-electron chi connectivity index (χ4n) is 9.45. The number of rotatable bonds is 8. The number of aliphatic hydroxyl groups excluding tert-OH is 1. The summed E-state index contributed by atoms with van der Waals surface area (Å²) in [4.78, 5) is 35.4. The number of aromatic nitrogens is 3. The molecule has 5 aliphatic carbocycles. The first-order valence-electron chi connectivity index (χ1n) is 18.2. The molecule has 8 rings (SSSR count). The van der Waals surface area contributed by atoms with E-state index < -0.39 is 6.10 Å². The average Bonchev–Trinajstić information content (AvgIpc) is 3.58. The van der Waals surface area contributed by atoms with Crippen molar-refractivity contribution in [1.82, 2.24) is 19.7 Å². The third kappa shape index (κ3) is 6.33. The molecule has 6 fully saturated rings.